The first kappa shape index (κ1) is 22.1. The Morgan fingerprint density at radius 3 is 2.29 bits per heavy atom. The van der Waals surface area contributed by atoms with Gasteiger partial charge in [-0.15, -0.1) is 0 Å². The number of anilines is 1. The largest absolute Gasteiger partial charge is 0.368 e. The second-order valence-electron chi connectivity index (χ2n) is 8.20. The number of nitrogens with zero attached hydrogens (tertiary/aromatic N) is 3. The quantitative estimate of drug-likeness (QED) is 0.695. The fraction of sp³-hybridized carbons (Fsp3) is 0.435. The van der Waals surface area contributed by atoms with Crippen LogP contribution >= 0.6 is 11.6 Å². The molecule has 2 aliphatic heterocycles. The molecule has 166 valence electrons. The number of hydrogen-bond acceptors (Lipinski definition) is 4. The van der Waals surface area contributed by atoms with E-state index in [1.807, 2.05) is 31.2 Å². The number of amides is 1. The summed E-state index contributed by atoms with van der Waals surface area (Å²) in [6.07, 6.45) is 2.83. The van der Waals surface area contributed by atoms with E-state index < -0.39 is 10.0 Å². The molecule has 0 aromatic heterocycles. The summed E-state index contributed by atoms with van der Waals surface area (Å²) in [6, 6.07) is 12.6. The number of carbonyl (C=O) groups is 1. The molecule has 4 rings (SSSR count). The lowest BCUT2D eigenvalue weighted by Gasteiger charge is -2.36. The van der Waals surface area contributed by atoms with Crippen LogP contribution in [0.2, 0.25) is 5.02 Å². The van der Waals surface area contributed by atoms with E-state index in [4.69, 9.17) is 11.6 Å². The minimum absolute atomic E-state index is 0.112. The van der Waals surface area contributed by atoms with Crippen LogP contribution in [0.1, 0.15) is 35.2 Å². The third-order valence-electron chi connectivity index (χ3n) is 6.13. The van der Waals surface area contributed by atoms with E-state index in [9.17, 15) is 13.2 Å². The Balaban J connectivity index is 1.49. The second kappa shape index (κ2) is 9.18. The molecule has 0 N–H and O–H groups in total. The first-order valence-electron chi connectivity index (χ1n) is 10.8. The number of carbonyl (C=O) groups excluding carboxylic acids is 1. The molecule has 1 amide bonds. The average Bonchev–Trinajstić information content (AvgIpc) is 2.79. The monoisotopic (exact) mass is 461 g/mol. The van der Waals surface area contributed by atoms with Crippen molar-refractivity contribution in [3.63, 3.8) is 0 Å². The van der Waals surface area contributed by atoms with Gasteiger partial charge < -0.3 is 9.80 Å². The summed E-state index contributed by atoms with van der Waals surface area (Å²) in [4.78, 5) is 17.5. The summed E-state index contributed by atoms with van der Waals surface area (Å²) in [5, 5.41) is 0.693. The number of aryl methyl sites for hydroxylation is 1. The van der Waals surface area contributed by atoms with Crippen LogP contribution in [0.4, 0.5) is 5.69 Å². The van der Waals surface area contributed by atoms with Crippen LogP contribution in [0.25, 0.3) is 0 Å². The van der Waals surface area contributed by atoms with Crippen LogP contribution in [0.3, 0.4) is 0 Å². The van der Waals surface area contributed by atoms with Crippen molar-refractivity contribution in [1.29, 1.82) is 0 Å². The molecule has 0 atom stereocenters. The number of sulfonamides is 1. The van der Waals surface area contributed by atoms with Crippen molar-refractivity contribution in [2.75, 3.05) is 44.2 Å². The summed E-state index contributed by atoms with van der Waals surface area (Å²) in [5.74, 6) is -0.112. The van der Waals surface area contributed by atoms with Crippen molar-refractivity contribution >= 4 is 33.2 Å². The normalized spacial score (nSPS) is 18.3. The van der Waals surface area contributed by atoms with Crippen LogP contribution in [0, 0.1) is 6.92 Å². The maximum absolute atomic E-state index is 13.3. The number of rotatable bonds is 4. The molecule has 6 nitrogen and oxygen atoms in total. The molecular formula is C23H28ClN3O3S. The van der Waals surface area contributed by atoms with Crippen LogP contribution in [-0.2, 0) is 10.0 Å². The summed E-state index contributed by atoms with van der Waals surface area (Å²) >= 11 is 6.10. The van der Waals surface area contributed by atoms with Gasteiger partial charge in [-0.05, 0) is 55.7 Å². The predicted octanol–water partition coefficient (Wildman–Crippen LogP) is 3.79. The Bertz CT molecular complexity index is 1060. The maximum atomic E-state index is 13.3. The number of piperidine rings is 1. The van der Waals surface area contributed by atoms with Gasteiger partial charge in [0, 0.05) is 55.5 Å². The topological polar surface area (TPSA) is 60.9 Å². The van der Waals surface area contributed by atoms with Gasteiger partial charge in [0.05, 0.1) is 4.90 Å². The summed E-state index contributed by atoms with van der Waals surface area (Å²) in [7, 11) is -3.57. The Hall–Kier alpha value is -2.09. The smallest absolute Gasteiger partial charge is 0.254 e. The van der Waals surface area contributed by atoms with Crippen LogP contribution < -0.4 is 4.90 Å². The van der Waals surface area contributed by atoms with Crippen molar-refractivity contribution in [3.05, 3.63) is 58.6 Å². The molecule has 0 radical (unpaired) electrons. The van der Waals surface area contributed by atoms with Crippen molar-refractivity contribution in [3.8, 4) is 0 Å². The molecule has 0 saturated carbocycles. The highest BCUT2D eigenvalue weighted by Crippen LogP contribution is 2.25. The highest BCUT2D eigenvalue weighted by molar-refractivity contribution is 7.89. The Morgan fingerprint density at radius 1 is 0.903 bits per heavy atom. The molecule has 31 heavy (non-hydrogen) atoms. The molecule has 2 aromatic carbocycles. The van der Waals surface area contributed by atoms with Crippen LogP contribution in [0.15, 0.2) is 47.4 Å². The zero-order valence-electron chi connectivity index (χ0n) is 17.8. The Morgan fingerprint density at radius 2 is 1.61 bits per heavy atom. The number of piperazine rings is 1. The first-order chi connectivity index (χ1) is 14.9. The molecule has 2 aromatic rings. The van der Waals surface area contributed by atoms with Crippen molar-refractivity contribution < 1.29 is 13.2 Å². The van der Waals surface area contributed by atoms with E-state index in [2.05, 4.69) is 4.90 Å². The van der Waals surface area contributed by atoms with E-state index in [1.165, 1.54) is 0 Å². The van der Waals surface area contributed by atoms with Gasteiger partial charge in [0.25, 0.3) is 5.91 Å². The molecule has 2 fully saturated rings. The zero-order chi connectivity index (χ0) is 22.0. The van der Waals surface area contributed by atoms with Crippen LogP contribution in [0.5, 0.6) is 0 Å². The number of benzene rings is 2. The van der Waals surface area contributed by atoms with E-state index in [-0.39, 0.29) is 10.8 Å². The molecule has 2 aliphatic rings. The number of halogens is 1. The van der Waals surface area contributed by atoms with Gasteiger partial charge >= 0.3 is 0 Å². The van der Waals surface area contributed by atoms with Crippen LogP contribution in [-0.4, -0.2) is 62.8 Å². The summed E-state index contributed by atoms with van der Waals surface area (Å²) in [5.41, 5.74) is 2.31. The highest BCUT2D eigenvalue weighted by Gasteiger charge is 2.29. The van der Waals surface area contributed by atoms with Gasteiger partial charge in [0.2, 0.25) is 10.0 Å². The predicted molar refractivity (Wildman–Crippen MR) is 123 cm³/mol. The molecule has 0 unspecified atom stereocenters. The van der Waals surface area contributed by atoms with Gasteiger partial charge in [-0.2, -0.15) is 4.31 Å². The second-order valence-corrected chi connectivity index (χ2v) is 10.6. The summed E-state index contributed by atoms with van der Waals surface area (Å²) < 4.78 is 27.7. The van der Waals surface area contributed by atoms with Crippen molar-refractivity contribution in [2.24, 2.45) is 0 Å². The molecule has 0 bridgehead atoms. The average molecular weight is 462 g/mol. The van der Waals surface area contributed by atoms with E-state index in [0.717, 1.165) is 30.5 Å². The minimum atomic E-state index is -3.57. The third kappa shape index (κ3) is 4.73. The van der Waals surface area contributed by atoms with Crippen molar-refractivity contribution in [1.82, 2.24) is 9.21 Å². The summed E-state index contributed by atoms with van der Waals surface area (Å²) in [6.45, 7) is 5.51. The molecular weight excluding hydrogens is 434 g/mol. The zero-order valence-corrected chi connectivity index (χ0v) is 19.3. The van der Waals surface area contributed by atoms with Gasteiger partial charge in [0.1, 0.15) is 0 Å². The Kier molecular flexibility index (Phi) is 6.55. The Labute approximate surface area is 189 Å². The lowest BCUT2D eigenvalue weighted by atomic mass is 10.1. The molecule has 0 aliphatic carbocycles. The fourth-order valence-electron chi connectivity index (χ4n) is 4.26. The third-order valence-corrected chi connectivity index (χ3v) is 8.26. The van der Waals surface area contributed by atoms with E-state index in [1.54, 1.807) is 27.4 Å². The lowest BCUT2D eigenvalue weighted by Crippen LogP contribution is -2.49. The van der Waals surface area contributed by atoms with Gasteiger partial charge in [0.15, 0.2) is 0 Å². The van der Waals surface area contributed by atoms with E-state index in [0.29, 0.717) is 49.9 Å². The first-order valence-corrected chi connectivity index (χ1v) is 12.6. The molecule has 2 saturated heterocycles. The molecule has 2 heterocycles. The fourth-order valence-corrected chi connectivity index (χ4v) is 5.99. The lowest BCUT2D eigenvalue weighted by molar-refractivity contribution is 0.0746. The molecule has 8 heteroatoms. The molecule has 0 spiro atoms. The van der Waals surface area contributed by atoms with Gasteiger partial charge in [-0.25, -0.2) is 8.42 Å². The highest BCUT2D eigenvalue weighted by atomic mass is 35.5. The standard InChI is InChI=1S/C23H28ClN3O3S/c1-18-8-9-21(31(29,30)27-10-3-2-4-11-27)17-22(18)23(28)26-14-12-25(13-15-26)20-7-5-6-19(24)16-20/h5-9,16-17H,2-4,10-15H2,1H3. The number of hydrogen-bond donors (Lipinski definition) is 0. The van der Waals surface area contributed by atoms with Gasteiger partial charge in [-0.1, -0.05) is 30.2 Å². The SMILES string of the molecule is Cc1ccc(S(=O)(=O)N2CCCCC2)cc1C(=O)N1CCN(c2cccc(Cl)c2)CC1. The minimum Gasteiger partial charge on any atom is -0.368 e. The van der Waals surface area contributed by atoms with E-state index >= 15 is 0 Å². The van der Waals surface area contributed by atoms with Crippen molar-refractivity contribution in [2.45, 2.75) is 31.1 Å². The van der Waals surface area contributed by atoms with Gasteiger partial charge in [-0.3, -0.25) is 4.79 Å². The maximum Gasteiger partial charge on any atom is 0.254 e.